The molecule has 0 aliphatic heterocycles. The van der Waals surface area contributed by atoms with Crippen LogP contribution in [0.4, 0.5) is 0 Å². The van der Waals surface area contributed by atoms with E-state index in [-0.39, 0.29) is 5.84 Å². The van der Waals surface area contributed by atoms with Gasteiger partial charge >= 0.3 is 0 Å². The molecule has 2 aromatic rings. The average Bonchev–Trinajstić information content (AvgIpc) is 2.48. The Kier molecular flexibility index (Phi) is 4.39. The number of nitrogens with zero attached hydrogens (tertiary/aromatic N) is 1. The van der Waals surface area contributed by atoms with Crippen LogP contribution in [0.1, 0.15) is 11.1 Å². The van der Waals surface area contributed by atoms with Gasteiger partial charge in [-0.25, -0.2) is 0 Å². The zero-order chi connectivity index (χ0) is 13.5. The molecule has 2 rings (SSSR count). The number of para-hydroxylation sites is 1. The van der Waals surface area contributed by atoms with Crippen molar-refractivity contribution in [3.8, 4) is 5.75 Å². The first-order valence-corrected chi connectivity index (χ1v) is 6.05. The summed E-state index contributed by atoms with van der Waals surface area (Å²) in [4.78, 5) is 0. The predicted octanol–water partition coefficient (Wildman–Crippen LogP) is 2.40. The zero-order valence-electron chi connectivity index (χ0n) is 10.5. The third-order valence-corrected chi connectivity index (χ3v) is 2.76. The van der Waals surface area contributed by atoms with Crippen molar-refractivity contribution in [2.24, 2.45) is 10.9 Å². The first kappa shape index (κ1) is 13.0. The van der Waals surface area contributed by atoms with E-state index >= 15 is 0 Å². The van der Waals surface area contributed by atoms with Crippen LogP contribution in [0.5, 0.6) is 5.75 Å². The van der Waals surface area contributed by atoms with Crippen molar-refractivity contribution >= 4 is 5.84 Å². The number of amidine groups is 1. The van der Waals surface area contributed by atoms with Gasteiger partial charge in [0.2, 0.25) is 0 Å². The maximum absolute atomic E-state index is 8.72. The summed E-state index contributed by atoms with van der Waals surface area (Å²) in [6.45, 7) is 0.541. The van der Waals surface area contributed by atoms with Gasteiger partial charge in [0, 0.05) is 6.42 Å². The molecule has 4 heteroatoms. The van der Waals surface area contributed by atoms with Gasteiger partial charge in [-0.05, 0) is 17.7 Å². The van der Waals surface area contributed by atoms with Crippen molar-refractivity contribution in [1.29, 1.82) is 0 Å². The van der Waals surface area contributed by atoms with Gasteiger partial charge in [-0.3, -0.25) is 0 Å². The molecule has 3 N–H and O–H groups in total. The van der Waals surface area contributed by atoms with Crippen molar-refractivity contribution in [2.45, 2.75) is 6.42 Å². The van der Waals surface area contributed by atoms with Gasteiger partial charge in [0.25, 0.3) is 0 Å². The zero-order valence-corrected chi connectivity index (χ0v) is 10.5. The molecule has 0 bridgehead atoms. The second kappa shape index (κ2) is 6.44. The third kappa shape index (κ3) is 3.48. The Morgan fingerprint density at radius 1 is 1.05 bits per heavy atom. The molecule has 0 saturated carbocycles. The maximum atomic E-state index is 8.72. The highest BCUT2D eigenvalue weighted by Crippen LogP contribution is 2.17. The molecule has 2 aromatic carbocycles. The molecular weight excluding hydrogens is 240 g/mol. The Balaban J connectivity index is 2.00. The molecule has 19 heavy (non-hydrogen) atoms. The lowest BCUT2D eigenvalue weighted by molar-refractivity contribution is 0.313. The number of ether oxygens (including phenoxy) is 1. The van der Waals surface area contributed by atoms with Crippen molar-refractivity contribution < 1.29 is 9.94 Å². The third-order valence-electron chi connectivity index (χ3n) is 2.76. The Morgan fingerprint density at radius 2 is 1.74 bits per heavy atom. The minimum Gasteiger partial charge on any atom is -0.492 e. The summed E-state index contributed by atoms with van der Waals surface area (Å²) in [7, 11) is 0. The predicted molar refractivity (Wildman–Crippen MR) is 74.6 cm³/mol. The molecule has 0 unspecified atom stereocenters. The molecule has 0 saturated heterocycles. The summed E-state index contributed by atoms with van der Waals surface area (Å²) in [5.74, 6) is 0.670. The minimum atomic E-state index is 0.0512. The molecule has 0 aromatic heterocycles. The second-order valence-corrected chi connectivity index (χ2v) is 4.07. The highest BCUT2D eigenvalue weighted by molar-refractivity contribution is 5.99. The molecule has 0 aliphatic rings. The van der Waals surface area contributed by atoms with Crippen LogP contribution in [0.25, 0.3) is 0 Å². The van der Waals surface area contributed by atoms with Gasteiger partial charge in [0.15, 0.2) is 5.84 Å². The molecule has 0 radical (unpaired) electrons. The number of nitrogens with two attached hydrogens (primary N) is 1. The summed E-state index contributed by atoms with van der Waals surface area (Å²) in [6.07, 6.45) is 0.811. The van der Waals surface area contributed by atoms with Crippen LogP contribution in [0, 0.1) is 0 Å². The van der Waals surface area contributed by atoms with E-state index in [1.807, 2.05) is 30.3 Å². The summed E-state index contributed by atoms with van der Waals surface area (Å²) in [5.41, 5.74) is 7.41. The van der Waals surface area contributed by atoms with E-state index in [0.717, 1.165) is 6.42 Å². The average molecular weight is 256 g/mol. The van der Waals surface area contributed by atoms with Crippen LogP contribution in [-0.2, 0) is 6.42 Å². The minimum absolute atomic E-state index is 0.0512. The normalized spacial score (nSPS) is 11.3. The Labute approximate surface area is 112 Å². The topological polar surface area (TPSA) is 67.8 Å². The molecule has 4 nitrogen and oxygen atoms in total. The van der Waals surface area contributed by atoms with Crippen molar-refractivity contribution in [3.63, 3.8) is 0 Å². The standard InChI is InChI=1S/C15H16N2O2/c16-15(17-18)13-8-4-5-9-14(13)19-11-10-12-6-2-1-3-7-12/h1-9,18H,10-11H2,(H2,16,17). The molecule has 0 amide bonds. The monoisotopic (exact) mass is 256 g/mol. The molecule has 0 fully saturated rings. The van der Waals surface area contributed by atoms with E-state index in [1.165, 1.54) is 5.56 Å². The van der Waals surface area contributed by atoms with Gasteiger partial charge in [0.05, 0.1) is 12.2 Å². The van der Waals surface area contributed by atoms with Crippen molar-refractivity contribution in [1.82, 2.24) is 0 Å². The van der Waals surface area contributed by atoms with Crippen LogP contribution in [0.3, 0.4) is 0 Å². The van der Waals surface area contributed by atoms with Gasteiger partial charge in [0.1, 0.15) is 5.75 Å². The molecule has 0 aliphatic carbocycles. The second-order valence-electron chi connectivity index (χ2n) is 4.07. The quantitative estimate of drug-likeness (QED) is 0.373. The molecule has 0 atom stereocenters. The van der Waals surface area contributed by atoms with Crippen molar-refractivity contribution in [3.05, 3.63) is 65.7 Å². The van der Waals surface area contributed by atoms with E-state index in [9.17, 15) is 0 Å². The van der Waals surface area contributed by atoms with E-state index in [4.69, 9.17) is 15.7 Å². The highest BCUT2D eigenvalue weighted by Gasteiger charge is 2.07. The first-order chi connectivity index (χ1) is 9.31. The van der Waals surface area contributed by atoms with Crippen LogP contribution >= 0.6 is 0 Å². The van der Waals surface area contributed by atoms with Crippen LogP contribution in [-0.4, -0.2) is 17.6 Å². The largest absolute Gasteiger partial charge is 0.492 e. The SMILES string of the molecule is N/C(=N\O)c1ccccc1OCCc1ccccc1. The fourth-order valence-electron chi connectivity index (χ4n) is 1.78. The smallest absolute Gasteiger partial charge is 0.173 e. The summed E-state index contributed by atoms with van der Waals surface area (Å²) in [6, 6.07) is 17.3. The Bertz CT molecular complexity index is 553. The van der Waals surface area contributed by atoms with E-state index in [1.54, 1.807) is 12.1 Å². The molecular formula is C15H16N2O2. The van der Waals surface area contributed by atoms with Gasteiger partial charge in [-0.1, -0.05) is 47.6 Å². The molecule has 0 spiro atoms. The van der Waals surface area contributed by atoms with Crippen LogP contribution in [0.15, 0.2) is 59.8 Å². The fourth-order valence-corrected chi connectivity index (χ4v) is 1.78. The van der Waals surface area contributed by atoms with E-state index in [0.29, 0.717) is 17.9 Å². The van der Waals surface area contributed by atoms with E-state index < -0.39 is 0 Å². The van der Waals surface area contributed by atoms with Gasteiger partial charge in [-0.15, -0.1) is 0 Å². The Morgan fingerprint density at radius 3 is 2.47 bits per heavy atom. The summed E-state index contributed by atoms with van der Waals surface area (Å²) in [5, 5.41) is 11.7. The van der Waals surface area contributed by atoms with Gasteiger partial charge in [-0.2, -0.15) is 0 Å². The Hall–Kier alpha value is -2.49. The first-order valence-electron chi connectivity index (χ1n) is 6.05. The van der Waals surface area contributed by atoms with Gasteiger partial charge < -0.3 is 15.7 Å². The number of hydrogen-bond donors (Lipinski definition) is 2. The van der Waals surface area contributed by atoms with E-state index in [2.05, 4.69) is 17.3 Å². The number of rotatable bonds is 5. The lowest BCUT2D eigenvalue weighted by Gasteiger charge is -2.10. The fraction of sp³-hybridized carbons (Fsp3) is 0.133. The maximum Gasteiger partial charge on any atom is 0.173 e. The summed E-state index contributed by atoms with van der Waals surface area (Å²) >= 11 is 0. The van der Waals surface area contributed by atoms with Crippen LogP contribution in [0.2, 0.25) is 0 Å². The van der Waals surface area contributed by atoms with Crippen LogP contribution < -0.4 is 10.5 Å². The van der Waals surface area contributed by atoms with Crippen molar-refractivity contribution in [2.75, 3.05) is 6.61 Å². The highest BCUT2D eigenvalue weighted by atomic mass is 16.5. The number of hydrogen-bond acceptors (Lipinski definition) is 3. The number of benzene rings is 2. The number of oxime groups is 1. The molecule has 0 heterocycles. The molecule has 98 valence electrons. The lowest BCUT2D eigenvalue weighted by atomic mass is 10.1. The summed E-state index contributed by atoms with van der Waals surface area (Å²) < 4.78 is 5.69. The lowest BCUT2D eigenvalue weighted by Crippen LogP contribution is -2.15.